The van der Waals surface area contributed by atoms with Crippen LogP contribution in [0.25, 0.3) is 6.08 Å². The van der Waals surface area contributed by atoms with Crippen LogP contribution >= 0.6 is 11.3 Å². The molecule has 0 aliphatic rings. The number of hydrogen-bond acceptors (Lipinski definition) is 7. The third-order valence-corrected chi connectivity index (χ3v) is 5.27. The van der Waals surface area contributed by atoms with Gasteiger partial charge in [0.2, 0.25) is 5.91 Å². The Labute approximate surface area is 195 Å². The van der Waals surface area contributed by atoms with Crippen molar-refractivity contribution < 1.29 is 32.4 Å². The first kappa shape index (κ1) is 24.6. The van der Waals surface area contributed by atoms with E-state index in [9.17, 15) is 32.9 Å². The molecule has 0 atom stereocenters. The number of aryl methyl sites for hydroxylation is 1. The number of anilines is 2. The highest BCUT2D eigenvalue weighted by Gasteiger charge is 2.31. The van der Waals surface area contributed by atoms with Crippen LogP contribution in [-0.4, -0.2) is 21.8 Å². The number of thiazole rings is 1. The van der Waals surface area contributed by atoms with E-state index < -0.39 is 28.5 Å². The van der Waals surface area contributed by atoms with Crippen molar-refractivity contribution >= 4 is 45.8 Å². The summed E-state index contributed by atoms with van der Waals surface area (Å²) in [4.78, 5) is 39.8. The van der Waals surface area contributed by atoms with Crippen LogP contribution in [-0.2, 0) is 15.8 Å². The molecule has 1 aromatic heterocycles. The second kappa shape index (κ2) is 9.83. The second-order valence-corrected chi connectivity index (χ2v) is 7.75. The van der Waals surface area contributed by atoms with Gasteiger partial charge in [-0.05, 0) is 43.3 Å². The van der Waals surface area contributed by atoms with Gasteiger partial charge in [-0.15, -0.1) is 11.3 Å². The smallest absolute Gasteiger partial charge is 0.416 e. The molecule has 0 saturated heterocycles. The fourth-order valence-electron chi connectivity index (χ4n) is 2.90. The number of nitro groups is 1. The van der Waals surface area contributed by atoms with Gasteiger partial charge in [0.15, 0.2) is 5.13 Å². The summed E-state index contributed by atoms with van der Waals surface area (Å²) in [6.07, 6.45) is -2.19. The summed E-state index contributed by atoms with van der Waals surface area (Å²) in [5, 5.41) is 12.5. The molecule has 0 unspecified atom stereocenters. The van der Waals surface area contributed by atoms with E-state index in [4.69, 9.17) is 4.74 Å². The average Bonchev–Trinajstić information content (AvgIpc) is 3.20. The average molecular weight is 491 g/mol. The summed E-state index contributed by atoms with van der Waals surface area (Å²) in [5.74, 6) is -1.20. The van der Waals surface area contributed by atoms with Gasteiger partial charge in [-0.25, -0.2) is 9.78 Å². The number of alkyl halides is 3. The minimum absolute atomic E-state index is 0.000144. The van der Waals surface area contributed by atoms with Gasteiger partial charge >= 0.3 is 12.1 Å². The zero-order valence-corrected chi connectivity index (χ0v) is 18.5. The fourth-order valence-corrected chi connectivity index (χ4v) is 3.76. The summed E-state index contributed by atoms with van der Waals surface area (Å²) in [6.45, 7) is 2.70. The molecule has 3 rings (SSSR count). The topological polar surface area (TPSA) is 103 Å². The molecule has 2 aromatic carbocycles. The first-order chi connectivity index (χ1) is 16.0. The zero-order chi connectivity index (χ0) is 25.0. The van der Waals surface area contributed by atoms with Crippen molar-refractivity contribution in [1.29, 1.82) is 0 Å². The number of carbonyl (C=O) groups excluding carboxylic acids is 2. The van der Waals surface area contributed by atoms with Gasteiger partial charge in [-0.1, -0.05) is 6.07 Å². The van der Waals surface area contributed by atoms with Crippen LogP contribution in [0, 0.1) is 17.0 Å². The van der Waals surface area contributed by atoms with Crippen molar-refractivity contribution in [2.75, 3.05) is 4.90 Å². The highest BCUT2D eigenvalue weighted by molar-refractivity contribution is 7.14. The molecule has 3 aromatic rings. The Morgan fingerprint density at radius 2 is 1.94 bits per heavy atom. The molecule has 34 heavy (non-hydrogen) atoms. The molecule has 8 nitrogen and oxygen atoms in total. The molecule has 0 saturated carbocycles. The quantitative estimate of drug-likeness (QED) is 0.144. The predicted molar refractivity (Wildman–Crippen MR) is 119 cm³/mol. The van der Waals surface area contributed by atoms with Crippen LogP contribution in [0.2, 0.25) is 0 Å². The number of nitro benzene ring substituents is 1. The number of ether oxygens (including phenoxy) is 1. The Bertz CT molecular complexity index is 1290. The Morgan fingerprint density at radius 3 is 2.56 bits per heavy atom. The van der Waals surface area contributed by atoms with Gasteiger partial charge in [-0.3, -0.25) is 19.8 Å². The molecule has 0 fully saturated rings. The third-order valence-electron chi connectivity index (χ3n) is 4.42. The molecule has 0 spiro atoms. The molecule has 0 aliphatic heterocycles. The van der Waals surface area contributed by atoms with Gasteiger partial charge in [0.05, 0.1) is 21.9 Å². The number of carbonyl (C=O) groups is 2. The van der Waals surface area contributed by atoms with Crippen LogP contribution in [0.15, 0.2) is 53.9 Å². The van der Waals surface area contributed by atoms with Crippen molar-refractivity contribution in [2.45, 2.75) is 20.0 Å². The molecule has 176 valence electrons. The molecule has 0 aliphatic carbocycles. The van der Waals surface area contributed by atoms with Gasteiger partial charge < -0.3 is 4.74 Å². The first-order valence-electron chi connectivity index (χ1n) is 9.54. The number of hydrogen-bond donors (Lipinski definition) is 0. The van der Waals surface area contributed by atoms with Crippen molar-refractivity contribution in [3.8, 4) is 5.75 Å². The predicted octanol–water partition coefficient (Wildman–Crippen LogP) is 5.68. The highest BCUT2D eigenvalue weighted by atomic mass is 32.1. The van der Waals surface area contributed by atoms with Crippen molar-refractivity contribution in [3.63, 3.8) is 0 Å². The van der Waals surface area contributed by atoms with E-state index in [1.54, 1.807) is 0 Å². The van der Waals surface area contributed by atoms with E-state index in [1.165, 1.54) is 55.6 Å². The summed E-state index contributed by atoms with van der Waals surface area (Å²) >= 11 is 1.00. The molecule has 1 heterocycles. The maximum Gasteiger partial charge on any atom is 0.416 e. The van der Waals surface area contributed by atoms with Crippen molar-refractivity contribution in [3.05, 3.63) is 80.9 Å². The molecule has 1 amide bonds. The normalized spacial score (nSPS) is 11.4. The number of esters is 1. The zero-order valence-electron chi connectivity index (χ0n) is 17.7. The van der Waals surface area contributed by atoms with Crippen molar-refractivity contribution in [2.24, 2.45) is 0 Å². The minimum Gasteiger partial charge on any atom is -0.423 e. The van der Waals surface area contributed by atoms with E-state index in [2.05, 4.69) is 4.98 Å². The lowest BCUT2D eigenvalue weighted by molar-refractivity contribution is -0.385. The van der Waals surface area contributed by atoms with Crippen LogP contribution < -0.4 is 9.64 Å². The van der Waals surface area contributed by atoms with Gasteiger partial charge in [-0.2, -0.15) is 13.2 Å². The fraction of sp³-hybridized carbons (Fsp3) is 0.136. The van der Waals surface area contributed by atoms with E-state index in [0.717, 1.165) is 34.4 Å². The number of nitrogens with zero attached hydrogens (tertiary/aromatic N) is 3. The van der Waals surface area contributed by atoms with Crippen LogP contribution in [0.5, 0.6) is 5.75 Å². The number of aromatic nitrogens is 1. The maximum absolute atomic E-state index is 13.0. The Kier molecular flexibility index (Phi) is 7.11. The van der Waals surface area contributed by atoms with E-state index in [-0.39, 0.29) is 27.9 Å². The van der Waals surface area contributed by atoms with Crippen molar-refractivity contribution in [1.82, 2.24) is 4.98 Å². The van der Waals surface area contributed by atoms with Crippen LogP contribution in [0.3, 0.4) is 0 Å². The van der Waals surface area contributed by atoms with Crippen LogP contribution in [0.4, 0.5) is 29.7 Å². The van der Waals surface area contributed by atoms with Gasteiger partial charge in [0.1, 0.15) is 5.75 Å². The lowest BCUT2D eigenvalue weighted by Gasteiger charge is -2.19. The minimum atomic E-state index is -4.57. The van der Waals surface area contributed by atoms with Gasteiger partial charge in [0, 0.05) is 30.0 Å². The summed E-state index contributed by atoms with van der Waals surface area (Å²) in [7, 11) is 0. The summed E-state index contributed by atoms with van der Waals surface area (Å²) < 4.78 is 44.3. The molecule has 0 N–H and O–H groups in total. The lowest BCUT2D eigenvalue weighted by Crippen LogP contribution is -2.23. The van der Waals surface area contributed by atoms with E-state index in [1.807, 2.05) is 0 Å². The van der Waals surface area contributed by atoms with Gasteiger partial charge in [0.25, 0.3) is 5.69 Å². The largest absolute Gasteiger partial charge is 0.423 e. The number of benzene rings is 2. The van der Waals surface area contributed by atoms with Crippen LogP contribution in [0.1, 0.15) is 23.7 Å². The molecular formula is C22H16F3N3O5S. The van der Waals surface area contributed by atoms with E-state index in [0.29, 0.717) is 5.56 Å². The maximum atomic E-state index is 13.0. The summed E-state index contributed by atoms with van der Waals surface area (Å²) in [5.41, 5.74) is -0.421. The highest BCUT2D eigenvalue weighted by Crippen LogP contribution is 2.35. The standard InChI is InChI=1S/C22H16F3N3O5S/c1-13-10-18(7-8-19(13)28(31)32)33-20(30)9-6-16-12-34-21(26-16)27(14(2)29)17-5-3-4-15(11-17)22(23,24)25/h3-12H,1-2H3. The third kappa shape index (κ3) is 5.84. The molecular weight excluding hydrogens is 475 g/mol. The summed E-state index contributed by atoms with van der Waals surface area (Å²) in [6, 6.07) is 8.16. The lowest BCUT2D eigenvalue weighted by atomic mass is 10.2. The molecule has 0 radical (unpaired) electrons. The monoisotopic (exact) mass is 491 g/mol. The Morgan fingerprint density at radius 1 is 1.21 bits per heavy atom. The number of rotatable bonds is 6. The molecule has 12 heteroatoms. The van der Waals surface area contributed by atoms with E-state index >= 15 is 0 Å². The Balaban J connectivity index is 1.76. The second-order valence-electron chi connectivity index (χ2n) is 6.92. The molecule has 0 bridgehead atoms. The Hall–Kier alpha value is -4.06. The SMILES string of the molecule is CC(=O)N(c1cccc(C(F)(F)F)c1)c1nc(C=CC(=O)Oc2ccc([N+](=O)[O-])c(C)c2)cs1. The number of halogens is 3. The number of amides is 1. The first-order valence-corrected chi connectivity index (χ1v) is 10.4.